The lowest BCUT2D eigenvalue weighted by Crippen LogP contribution is -2.37. The number of ether oxygens (including phenoxy) is 4. The van der Waals surface area contributed by atoms with Gasteiger partial charge in [0, 0.05) is 42.7 Å². The second-order valence-electron chi connectivity index (χ2n) is 13.1. The van der Waals surface area contributed by atoms with E-state index in [1.54, 1.807) is 25.1 Å². The lowest BCUT2D eigenvalue weighted by atomic mass is 9.65. The molecule has 0 saturated heterocycles. The smallest absolute Gasteiger partial charge is 0.203 e. The van der Waals surface area contributed by atoms with Crippen LogP contribution in [0.1, 0.15) is 70.6 Å². The summed E-state index contributed by atoms with van der Waals surface area (Å²) in [4.78, 5) is 27.4. The summed E-state index contributed by atoms with van der Waals surface area (Å²) in [5.74, 6) is 1.99. The topological polar surface area (TPSA) is 102 Å². The molecule has 2 aromatic carbocycles. The quantitative estimate of drug-likeness (QED) is 0.321. The number of methoxy groups -OCH3 is 2. The largest absolute Gasteiger partial charge is 0.493 e. The molecule has 0 unspecified atom stereocenters. The molecule has 2 aliphatic carbocycles. The van der Waals surface area contributed by atoms with Gasteiger partial charge in [-0.15, -0.1) is 5.10 Å². The summed E-state index contributed by atoms with van der Waals surface area (Å²) in [6.45, 7) is 8.42. The molecule has 0 fully saturated rings. The zero-order valence-electron chi connectivity index (χ0n) is 25.5. The van der Waals surface area contributed by atoms with E-state index in [4.69, 9.17) is 18.9 Å². The van der Waals surface area contributed by atoms with Crippen molar-refractivity contribution in [1.29, 1.82) is 0 Å². The molecule has 6 rings (SSSR count). The van der Waals surface area contributed by atoms with Crippen molar-refractivity contribution in [1.82, 2.24) is 15.0 Å². The van der Waals surface area contributed by atoms with Crippen LogP contribution < -0.4 is 14.2 Å². The minimum absolute atomic E-state index is 0.000182. The number of ketones is 2. The van der Waals surface area contributed by atoms with Crippen molar-refractivity contribution in [3.63, 3.8) is 0 Å². The Labute approximate surface area is 251 Å². The fraction of sp³-hybridized carbons (Fsp3) is 0.412. The normalized spacial score (nSPS) is 19.5. The van der Waals surface area contributed by atoms with Gasteiger partial charge >= 0.3 is 0 Å². The van der Waals surface area contributed by atoms with Crippen LogP contribution in [0.4, 0.5) is 0 Å². The van der Waals surface area contributed by atoms with Gasteiger partial charge in [0.15, 0.2) is 23.1 Å². The number of aromatic nitrogens is 3. The summed E-state index contributed by atoms with van der Waals surface area (Å²) < 4.78 is 25.9. The Morgan fingerprint density at radius 2 is 1.42 bits per heavy atom. The second kappa shape index (κ2) is 10.7. The van der Waals surface area contributed by atoms with Crippen molar-refractivity contribution in [3.8, 4) is 22.9 Å². The van der Waals surface area contributed by atoms with Crippen LogP contribution >= 0.6 is 0 Å². The predicted molar refractivity (Wildman–Crippen MR) is 159 cm³/mol. The average Bonchev–Trinajstić information content (AvgIpc) is 3.42. The molecule has 3 aliphatic rings. The summed E-state index contributed by atoms with van der Waals surface area (Å²) in [5.41, 5.74) is 2.88. The highest BCUT2D eigenvalue weighted by Crippen LogP contribution is 2.54. The maximum atomic E-state index is 13.7. The number of hydrogen-bond acceptors (Lipinski definition) is 8. The van der Waals surface area contributed by atoms with E-state index in [1.807, 2.05) is 42.5 Å². The van der Waals surface area contributed by atoms with Crippen LogP contribution in [0.5, 0.6) is 17.2 Å². The van der Waals surface area contributed by atoms with E-state index < -0.39 is 5.92 Å². The minimum atomic E-state index is -0.575. The van der Waals surface area contributed by atoms with Crippen molar-refractivity contribution in [2.75, 3.05) is 14.2 Å². The first kappa shape index (κ1) is 28.7. The summed E-state index contributed by atoms with van der Waals surface area (Å²) in [7, 11) is 3.11. The first-order valence-corrected chi connectivity index (χ1v) is 14.5. The lowest BCUT2D eigenvalue weighted by molar-refractivity contribution is -0.120. The fourth-order valence-electron chi connectivity index (χ4n) is 6.43. The number of Topliss-reactive ketones (excluding diaryl/α,β-unsaturated/α-hetero) is 2. The molecule has 2 heterocycles. The third-order valence-electron chi connectivity index (χ3n) is 8.32. The first-order chi connectivity index (χ1) is 20.5. The molecular formula is C34H37N3O6. The standard InChI is InChI=1S/C34H37N3O6/c1-33(2)14-23(38)30-27(16-33)43-28-17-34(3,4)15-24(39)31(28)29(30)20-12-25(40-5)32(26(13-20)41-6)42-19-21-18-37(36-35-21)22-10-8-7-9-11-22/h7-13,18,29H,14-17,19H2,1-6H3. The van der Waals surface area contributed by atoms with Crippen LogP contribution in [0.15, 0.2) is 71.3 Å². The highest BCUT2D eigenvalue weighted by molar-refractivity contribution is 6.06. The highest BCUT2D eigenvalue weighted by Gasteiger charge is 2.48. The third-order valence-corrected chi connectivity index (χ3v) is 8.32. The molecule has 9 nitrogen and oxygen atoms in total. The van der Waals surface area contributed by atoms with Gasteiger partial charge in [-0.05, 0) is 40.7 Å². The van der Waals surface area contributed by atoms with Crippen LogP contribution in [-0.2, 0) is 20.9 Å². The Kier molecular flexibility index (Phi) is 7.15. The Morgan fingerprint density at radius 3 is 1.95 bits per heavy atom. The SMILES string of the molecule is COc1cc(C2C3=C(CC(C)(C)CC3=O)OC3=C2C(=O)CC(C)(C)C3)cc(OC)c1OCc1cn(-c2ccccc2)nn1. The van der Waals surface area contributed by atoms with Gasteiger partial charge < -0.3 is 18.9 Å². The Balaban J connectivity index is 1.39. The zero-order chi connectivity index (χ0) is 30.5. The maximum absolute atomic E-state index is 13.7. The fourth-order valence-corrected chi connectivity index (χ4v) is 6.43. The molecule has 1 aliphatic heterocycles. The van der Waals surface area contributed by atoms with Crippen molar-refractivity contribution in [3.05, 3.63) is 82.6 Å². The third kappa shape index (κ3) is 5.44. The van der Waals surface area contributed by atoms with Gasteiger partial charge in [0.1, 0.15) is 23.8 Å². The van der Waals surface area contributed by atoms with E-state index in [2.05, 4.69) is 38.0 Å². The van der Waals surface area contributed by atoms with Crippen LogP contribution in [0.25, 0.3) is 5.69 Å². The number of nitrogens with zero attached hydrogens (tertiary/aromatic N) is 3. The number of rotatable bonds is 7. The second-order valence-corrected chi connectivity index (χ2v) is 13.1. The molecule has 0 atom stereocenters. The highest BCUT2D eigenvalue weighted by atomic mass is 16.5. The summed E-state index contributed by atoms with van der Waals surface area (Å²) >= 11 is 0. The molecule has 0 amide bonds. The Hall–Kier alpha value is -4.40. The van der Waals surface area contributed by atoms with Gasteiger partial charge in [-0.25, -0.2) is 4.68 Å². The van der Waals surface area contributed by atoms with Gasteiger partial charge in [0.05, 0.1) is 26.1 Å². The van der Waals surface area contributed by atoms with Crippen molar-refractivity contribution >= 4 is 11.6 Å². The lowest BCUT2D eigenvalue weighted by Gasteiger charge is -2.42. The molecule has 0 bridgehead atoms. The van der Waals surface area contributed by atoms with E-state index >= 15 is 0 Å². The van der Waals surface area contributed by atoms with Crippen molar-refractivity contribution < 1.29 is 28.5 Å². The molecule has 0 N–H and O–H groups in total. The van der Waals surface area contributed by atoms with Crippen LogP contribution in [0, 0.1) is 10.8 Å². The van der Waals surface area contributed by atoms with E-state index in [1.165, 1.54) is 0 Å². The zero-order valence-corrected chi connectivity index (χ0v) is 25.5. The van der Waals surface area contributed by atoms with Gasteiger partial charge in [-0.2, -0.15) is 0 Å². The molecule has 1 aromatic heterocycles. The molecular weight excluding hydrogens is 546 g/mol. The monoisotopic (exact) mass is 583 g/mol. The Bertz CT molecular complexity index is 1590. The number of carbonyl (C=O) groups excluding carboxylic acids is 2. The van der Waals surface area contributed by atoms with E-state index in [-0.39, 0.29) is 29.0 Å². The number of allylic oxidation sites excluding steroid dienone is 4. The Morgan fingerprint density at radius 1 is 0.860 bits per heavy atom. The number of hydrogen-bond donors (Lipinski definition) is 0. The molecule has 0 saturated carbocycles. The number of carbonyl (C=O) groups is 2. The first-order valence-electron chi connectivity index (χ1n) is 14.5. The molecule has 0 spiro atoms. The molecule has 3 aromatic rings. The van der Waals surface area contributed by atoms with Crippen molar-refractivity contribution in [2.45, 2.75) is 65.9 Å². The number of para-hydroxylation sites is 1. The van der Waals surface area contributed by atoms with Gasteiger partial charge in [-0.1, -0.05) is 51.1 Å². The molecule has 43 heavy (non-hydrogen) atoms. The van der Waals surface area contributed by atoms with E-state index in [0.717, 1.165) is 11.3 Å². The van der Waals surface area contributed by atoms with E-state index in [0.29, 0.717) is 71.3 Å². The van der Waals surface area contributed by atoms with Crippen LogP contribution in [0.2, 0.25) is 0 Å². The minimum Gasteiger partial charge on any atom is -0.493 e. The average molecular weight is 584 g/mol. The summed E-state index contributed by atoms with van der Waals surface area (Å²) in [5, 5.41) is 8.45. The summed E-state index contributed by atoms with van der Waals surface area (Å²) in [6.07, 6.45) is 3.81. The van der Waals surface area contributed by atoms with Gasteiger partial charge in [-0.3, -0.25) is 9.59 Å². The molecule has 224 valence electrons. The maximum Gasteiger partial charge on any atom is 0.203 e. The van der Waals surface area contributed by atoms with Crippen LogP contribution in [0.3, 0.4) is 0 Å². The summed E-state index contributed by atoms with van der Waals surface area (Å²) in [6, 6.07) is 13.4. The van der Waals surface area contributed by atoms with Gasteiger partial charge in [0.25, 0.3) is 0 Å². The van der Waals surface area contributed by atoms with Crippen LogP contribution in [-0.4, -0.2) is 40.8 Å². The van der Waals surface area contributed by atoms with Crippen molar-refractivity contribution in [2.24, 2.45) is 10.8 Å². The molecule has 9 heteroatoms. The van der Waals surface area contributed by atoms with Gasteiger partial charge in [0.2, 0.25) is 5.75 Å². The van der Waals surface area contributed by atoms with E-state index in [9.17, 15) is 9.59 Å². The molecule has 0 radical (unpaired) electrons. The predicted octanol–water partition coefficient (Wildman–Crippen LogP) is 6.26. The number of benzene rings is 2.